The van der Waals surface area contributed by atoms with Crippen molar-refractivity contribution < 1.29 is 23.8 Å². The molecule has 1 unspecified atom stereocenters. The maximum absolute atomic E-state index is 12.9. The van der Waals surface area contributed by atoms with Gasteiger partial charge in [0.1, 0.15) is 17.2 Å². The van der Waals surface area contributed by atoms with Crippen LogP contribution in [0.4, 0.5) is 11.4 Å². The second-order valence-corrected chi connectivity index (χ2v) is 8.17. The van der Waals surface area contributed by atoms with Crippen LogP contribution in [0.3, 0.4) is 0 Å². The first-order valence-electron chi connectivity index (χ1n) is 10.9. The molecule has 1 N–H and O–H groups in total. The Morgan fingerprint density at radius 3 is 2.50 bits per heavy atom. The molecule has 4 rings (SSSR count). The molecule has 3 aromatic rings. The van der Waals surface area contributed by atoms with E-state index in [9.17, 15) is 9.59 Å². The van der Waals surface area contributed by atoms with E-state index < -0.39 is 6.10 Å². The maximum Gasteiger partial charge on any atom is 0.268 e. The smallest absolute Gasteiger partial charge is 0.268 e. The molecule has 1 aliphatic rings. The molecule has 1 aliphatic heterocycles. The molecule has 0 fully saturated rings. The predicted octanol–water partition coefficient (Wildman–Crippen LogP) is 5.07. The van der Waals surface area contributed by atoms with Crippen LogP contribution >= 0.6 is 11.6 Å². The average Bonchev–Trinajstić information content (AvgIpc) is 2.82. The number of nitrogens with one attached hydrogen (secondary N) is 1. The zero-order valence-electron chi connectivity index (χ0n) is 18.9. The molecule has 2 amide bonds. The molecule has 8 heteroatoms. The van der Waals surface area contributed by atoms with Gasteiger partial charge in [-0.2, -0.15) is 0 Å². The summed E-state index contributed by atoms with van der Waals surface area (Å²) in [4.78, 5) is 27.0. The van der Waals surface area contributed by atoms with Crippen LogP contribution in [0.5, 0.6) is 17.2 Å². The highest BCUT2D eigenvalue weighted by Gasteiger charge is 2.32. The molecule has 0 aliphatic carbocycles. The van der Waals surface area contributed by atoms with Crippen molar-refractivity contribution in [2.24, 2.45) is 0 Å². The highest BCUT2D eigenvalue weighted by Crippen LogP contribution is 2.37. The highest BCUT2D eigenvalue weighted by atomic mass is 35.5. The summed E-state index contributed by atoms with van der Waals surface area (Å²) in [7, 11) is 0. The first kappa shape index (κ1) is 23.4. The van der Waals surface area contributed by atoms with Crippen LogP contribution < -0.4 is 24.4 Å². The van der Waals surface area contributed by atoms with Crippen molar-refractivity contribution in [3.63, 3.8) is 0 Å². The van der Waals surface area contributed by atoms with Crippen molar-refractivity contribution in [2.75, 3.05) is 23.4 Å². The Morgan fingerprint density at radius 2 is 1.79 bits per heavy atom. The van der Waals surface area contributed by atoms with E-state index in [1.807, 2.05) is 25.1 Å². The van der Waals surface area contributed by atoms with Crippen molar-refractivity contribution in [2.45, 2.75) is 26.5 Å². The van der Waals surface area contributed by atoms with E-state index in [-0.39, 0.29) is 18.4 Å². The molecular formula is C26H25ClN2O5. The Balaban J connectivity index is 1.45. The second kappa shape index (κ2) is 10.5. The van der Waals surface area contributed by atoms with Crippen molar-refractivity contribution in [3.8, 4) is 17.2 Å². The van der Waals surface area contributed by atoms with Crippen LogP contribution in [-0.4, -0.2) is 31.1 Å². The number of carbonyl (C=O) groups excluding carboxylic acids is 2. The van der Waals surface area contributed by atoms with Gasteiger partial charge in [-0.3, -0.25) is 9.59 Å². The van der Waals surface area contributed by atoms with Crippen LogP contribution in [0.15, 0.2) is 66.7 Å². The van der Waals surface area contributed by atoms with Gasteiger partial charge in [-0.1, -0.05) is 23.7 Å². The summed E-state index contributed by atoms with van der Waals surface area (Å²) >= 11 is 6.11. The predicted molar refractivity (Wildman–Crippen MR) is 131 cm³/mol. The number of anilines is 2. The van der Waals surface area contributed by atoms with E-state index in [2.05, 4.69) is 5.32 Å². The van der Waals surface area contributed by atoms with Gasteiger partial charge in [0.15, 0.2) is 12.7 Å². The van der Waals surface area contributed by atoms with Gasteiger partial charge in [0.25, 0.3) is 11.8 Å². The van der Waals surface area contributed by atoms with E-state index in [1.54, 1.807) is 60.4 Å². The van der Waals surface area contributed by atoms with Crippen molar-refractivity contribution >= 4 is 34.8 Å². The Morgan fingerprint density at radius 1 is 1.06 bits per heavy atom. The Hall–Kier alpha value is -3.71. The SMILES string of the molecule is CCOc1ccc(OCC(=O)Nc2ccc3c(c2)N(Cc2cccc(Cl)c2)C(=O)C(C)O3)cc1. The molecule has 1 atom stereocenters. The van der Waals surface area contributed by atoms with Gasteiger partial charge in [-0.25, -0.2) is 0 Å². The van der Waals surface area contributed by atoms with E-state index in [0.29, 0.717) is 41.0 Å². The fourth-order valence-electron chi connectivity index (χ4n) is 3.61. The van der Waals surface area contributed by atoms with Gasteiger partial charge in [-0.05, 0) is 74.0 Å². The maximum atomic E-state index is 12.9. The molecule has 34 heavy (non-hydrogen) atoms. The lowest BCUT2D eigenvalue weighted by molar-refractivity contribution is -0.125. The summed E-state index contributed by atoms with van der Waals surface area (Å²) in [6.07, 6.45) is -0.616. The van der Waals surface area contributed by atoms with Crippen LogP contribution in [0.25, 0.3) is 0 Å². The number of nitrogens with zero attached hydrogens (tertiary/aromatic N) is 1. The van der Waals surface area contributed by atoms with Crippen molar-refractivity contribution in [1.82, 2.24) is 0 Å². The molecule has 7 nitrogen and oxygen atoms in total. The summed E-state index contributed by atoms with van der Waals surface area (Å²) in [5.74, 6) is 1.37. The molecule has 0 aromatic heterocycles. The Labute approximate surface area is 203 Å². The molecular weight excluding hydrogens is 456 g/mol. The molecule has 0 saturated carbocycles. The highest BCUT2D eigenvalue weighted by molar-refractivity contribution is 6.30. The second-order valence-electron chi connectivity index (χ2n) is 7.74. The van der Waals surface area contributed by atoms with E-state index in [0.717, 1.165) is 11.3 Å². The molecule has 3 aromatic carbocycles. The monoisotopic (exact) mass is 480 g/mol. The van der Waals surface area contributed by atoms with E-state index >= 15 is 0 Å². The minimum atomic E-state index is -0.616. The topological polar surface area (TPSA) is 77.1 Å². The number of benzene rings is 3. The number of halogens is 1. The minimum Gasteiger partial charge on any atom is -0.494 e. The van der Waals surface area contributed by atoms with Gasteiger partial charge in [0.2, 0.25) is 0 Å². The summed E-state index contributed by atoms with van der Waals surface area (Å²) in [6.45, 7) is 4.37. The third kappa shape index (κ3) is 5.61. The van der Waals surface area contributed by atoms with Gasteiger partial charge in [-0.15, -0.1) is 0 Å². The van der Waals surface area contributed by atoms with E-state index in [4.69, 9.17) is 25.8 Å². The van der Waals surface area contributed by atoms with E-state index in [1.165, 1.54) is 0 Å². The zero-order valence-corrected chi connectivity index (χ0v) is 19.7. The number of amides is 2. The summed E-state index contributed by atoms with van der Waals surface area (Å²) in [5.41, 5.74) is 1.99. The third-order valence-corrected chi connectivity index (χ3v) is 5.42. The Kier molecular flexibility index (Phi) is 7.23. The number of hydrogen-bond donors (Lipinski definition) is 1. The quantitative estimate of drug-likeness (QED) is 0.487. The van der Waals surface area contributed by atoms with Gasteiger partial charge in [0, 0.05) is 10.7 Å². The first-order chi connectivity index (χ1) is 16.4. The fourth-order valence-corrected chi connectivity index (χ4v) is 3.82. The van der Waals surface area contributed by atoms with Crippen LogP contribution in [0, 0.1) is 0 Å². The standard InChI is InChI=1S/C26H25ClN2O5/c1-3-32-21-8-10-22(11-9-21)33-16-25(30)28-20-7-12-24-23(14-20)29(26(31)17(2)34-24)15-18-5-4-6-19(27)13-18/h4-14,17H,3,15-16H2,1-2H3,(H,28,30). The summed E-state index contributed by atoms with van der Waals surface area (Å²) in [6, 6.07) is 19.6. The fraction of sp³-hybridized carbons (Fsp3) is 0.231. The van der Waals surface area contributed by atoms with Gasteiger partial charge < -0.3 is 24.4 Å². The lowest BCUT2D eigenvalue weighted by Gasteiger charge is -2.33. The first-order valence-corrected chi connectivity index (χ1v) is 11.3. The third-order valence-electron chi connectivity index (χ3n) is 5.19. The molecule has 0 radical (unpaired) electrons. The Bertz CT molecular complexity index is 1180. The number of ether oxygens (including phenoxy) is 3. The number of carbonyl (C=O) groups is 2. The van der Waals surface area contributed by atoms with Crippen LogP contribution in [0.1, 0.15) is 19.4 Å². The molecule has 0 saturated heterocycles. The molecule has 1 heterocycles. The molecule has 0 bridgehead atoms. The number of rotatable bonds is 8. The average molecular weight is 481 g/mol. The number of hydrogen-bond acceptors (Lipinski definition) is 5. The lowest BCUT2D eigenvalue weighted by Crippen LogP contribution is -2.44. The lowest BCUT2D eigenvalue weighted by atomic mass is 10.1. The largest absolute Gasteiger partial charge is 0.494 e. The molecule has 176 valence electrons. The summed E-state index contributed by atoms with van der Waals surface area (Å²) in [5, 5.41) is 3.41. The normalized spacial score (nSPS) is 14.7. The molecule has 0 spiro atoms. The zero-order chi connectivity index (χ0) is 24.1. The van der Waals surface area contributed by atoms with Crippen molar-refractivity contribution in [3.05, 3.63) is 77.3 Å². The van der Waals surface area contributed by atoms with Gasteiger partial charge in [0.05, 0.1) is 18.8 Å². The van der Waals surface area contributed by atoms with Crippen LogP contribution in [-0.2, 0) is 16.1 Å². The van der Waals surface area contributed by atoms with Gasteiger partial charge >= 0.3 is 0 Å². The number of fused-ring (bicyclic) bond motifs is 1. The summed E-state index contributed by atoms with van der Waals surface area (Å²) < 4.78 is 16.7. The van der Waals surface area contributed by atoms with Crippen molar-refractivity contribution in [1.29, 1.82) is 0 Å². The minimum absolute atomic E-state index is 0.163. The van der Waals surface area contributed by atoms with Crippen LogP contribution in [0.2, 0.25) is 5.02 Å².